The number of nitrogens with one attached hydrogen (secondary N) is 2. The van der Waals surface area contributed by atoms with Gasteiger partial charge in [0.15, 0.2) is 0 Å². The first-order valence-corrected chi connectivity index (χ1v) is 12.5. The van der Waals surface area contributed by atoms with Crippen LogP contribution in [0.15, 0.2) is 47.4 Å². The van der Waals surface area contributed by atoms with E-state index in [0.29, 0.717) is 43.0 Å². The van der Waals surface area contributed by atoms with Crippen LogP contribution in [0.2, 0.25) is 0 Å². The van der Waals surface area contributed by atoms with Crippen molar-refractivity contribution in [1.82, 2.24) is 9.21 Å². The van der Waals surface area contributed by atoms with Crippen LogP contribution in [-0.4, -0.2) is 61.0 Å². The molecule has 0 unspecified atom stereocenters. The van der Waals surface area contributed by atoms with Crippen molar-refractivity contribution in [3.8, 4) is 0 Å². The third-order valence-corrected chi connectivity index (χ3v) is 8.28. The van der Waals surface area contributed by atoms with E-state index in [4.69, 9.17) is 0 Å². The Morgan fingerprint density at radius 1 is 1.00 bits per heavy atom. The maximum Gasteiger partial charge on any atom is 0.256 e. The van der Waals surface area contributed by atoms with Gasteiger partial charge in [-0.1, -0.05) is 6.07 Å². The lowest BCUT2D eigenvalue weighted by molar-refractivity contribution is -0.119. The molecule has 2 aromatic carbocycles. The minimum Gasteiger partial charge on any atom is -0.327 e. The number of anilines is 2. The Morgan fingerprint density at radius 2 is 1.79 bits per heavy atom. The molecule has 0 bridgehead atoms. The number of carbonyl (C=O) groups is 3. The molecule has 33 heavy (non-hydrogen) atoms. The number of sulfonamides is 1. The van der Waals surface area contributed by atoms with Crippen molar-refractivity contribution < 1.29 is 22.8 Å². The standard InChI is InChI=1S/C23H24N4O5S/c28-21(15-5-3-6-17(13-15)33(31,32)26-10-1-2-11-26)24-16-8-9-19-18(14-16)23(30)27-12-4-7-20(27)22(29)25-19/h3,5-6,8-9,13-14,20H,1-2,4,7,10-12H2,(H,24,28)(H,25,29)/t20-/m1/s1. The summed E-state index contributed by atoms with van der Waals surface area (Å²) in [5.74, 6) is -0.939. The molecule has 1 atom stereocenters. The maximum absolute atomic E-state index is 13.0. The average molecular weight is 469 g/mol. The highest BCUT2D eigenvalue weighted by Crippen LogP contribution is 2.30. The number of carbonyl (C=O) groups excluding carboxylic acids is 3. The lowest BCUT2D eigenvalue weighted by atomic mass is 10.1. The molecule has 3 aliphatic rings. The normalized spacial score (nSPS) is 20.7. The third kappa shape index (κ3) is 3.89. The molecule has 3 amide bonds. The number of hydrogen-bond donors (Lipinski definition) is 2. The maximum atomic E-state index is 13.0. The van der Waals surface area contributed by atoms with E-state index in [1.165, 1.54) is 16.4 Å². The Bertz CT molecular complexity index is 1250. The van der Waals surface area contributed by atoms with E-state index >= 15 is 0 Å². The fourth-order valence-electron chi connectivity index (χ4n) is 4.64. The molecule has 10 heteroatoms. The molecule has 2 fully saturated rings. The lowest BCUT2D eigenvalue weighted by Crippen LogP contribution is -2.40. The fraction of sp³-hybridized carbons (Fsp3) is 0.348. The number of fused-ring (bicyclic) bond motifs is 2. The predicted octanol–water partition coefficient (Wildman–Crippen LogP) is 2.28. The molecular weight excluding hydrogens is 444 g/mol. The summed E-state index contributed by atoms with van der Waals surface area (Å²) in [5.41, 5.74) is 1.31. The van der Waals surface area contributed by atoms with Gasteiger partial charge in [0, 0.05) is 30.9 Å². The molecule has 5 rings (SSSR count). The van der Waals surface area contributed by atoms with Gasteiger partial charge in [-0.2, -0.15) is 4.31 Å². The van der Waals surface area contributed by atoms with Crippen LogP contribution in [0.25, 0.3) is 0 Å². The molecule has 2 aromatic rings. The van der Waals surface area contributed by atoms with E-state index in [0.717, 1.165) is 19.3 Å². The fourth-order valence-corrected chi connectivity index (χ4v) is 6.20. The van der Waals surface area contributed by atoms with Crippen LogP contribution < -0.4 is 10.6 Å². The summed E-state index contributed by atoms with van der Waals surface area (Å²) < 4.78 is 27.1. The average Bonchev–Trinajstić information content (AvgIpc) is 3.51. The minimum atomic E-state index is -3.64. The Balaban J connectivity index is 1.39. The number of amides is 3. The molecule has 2 saturated heterocycles. The van der Waals surface area contributed by atoms with Gasteiger partial charge in [0.2, 0.25) is 15.9 Å². The molecule has 2 N–H and O–H groups in total. The van der Waals surface area contributed by atoms with Crippen molar-refractivity contribution >= 4 is 39.1 Å². The van der Waals surface area contributed by atoms with Crippen LogP contribution in [0.3, 0.4) is 0 Å². The smallest absolute Gasteiger partial charge is 0.256 e. The second kappa shape index (κ2) is 8.27. The first kappa shape index (κ1) is 21.6. The Morgan fingerprint density at radius 3 is 2.58 bits per heavy atom. The lowest BCUT2D eigenvalue weighted by Gasteiger charge is -2.20. The van der Waals surface area contributed by atoms with Crippen LogP contribution in [-0.2, 0) is 14.8 Å². The highest BCUT2D eigenvalue weighted by atomic mass is 32.2. The summed E-state index contributed by atoms with van der Waals surface area (Å²) in [6.45, 7) is 1.48. The number of nitrogens with zero attached hydrogens (tertiary/aromatic N) is 2. The van der Waals surface area contributed by atoms with E-state index in [-0.39, 0.29) is 22.3 Å². The molecule has 9 nitrogen and oxygen atoms in total. The van der Waals surface area contributed by atoms with E-state index < -0.39 is 22.0 Å². The summed E-state index contributed by atoms with van der Waals surface area (Å²) in [6.07, 6.45) is 3.06. The highest BCUT2D eigenvalue weighted by molar-refractivity contribution is 7.89. The van der Waals surface area contributed by atoms with Gasteiger partial charge in [-0.05, 0) is 62.1 Å². The van der Waals surface area contributed by atoms with Crippen LogP contribution in [0.5, 0.6) is 0 Å². The predicted molar refractivity (Wildman–Crippen MR) is 122 cm³/mol. The monoisotopic (exact) mass is 468 g/mol. The van der Waals surface area contributed by atoms with E-state index in [1.54, 1.807) is 35.2 Å². The van der Waals surface area contributed by atoms with Crippen molar-refractivity contribution in [3.63, 3.8) is 0 Å². The van der Waals surface area contributed by atoms with Gasteiger partial charge in [-0.3, -0.25) is 14.4 Å². The summed E-state index contributed by atoms with van der Waals surface area (Å²) in [6, 6.07) is 10.2. The quantitative estimate of drug-likeness (QED) is 0.714. The van der Waals surface area contributed by atoms with Crippen molar-refractivity contribution in [2.24, 2.45) is 0 Å². The van der Waals surface area contributed by atoms with Gasteiger partial charge in [0.05, 0.1) is 16.1 Å². The second-order valence-corrected chi connectivity index (χ2v) is 10.4. The largest absolute Gasteiger partial charge is 0.327 e. The first-order valence-electron chi connectivity index (χ1n) is 11.0. The van der Waals surface area contributed by atoms with Crippen LogP contribution >= 0.6 is 0 Å². The Hall–Kier alpha value is -3.24. The zero-order valence-corrected chi connectivity index (χ0v) is 18.7. The Kier molecular flexibility index (Phi) is 5.41. The number of rotatable bonds is 4. The molecule has 172 valence electrons. The molecule has 3 heterocycles. The second-order valence-electron chi connectivity index (χ2n) is 8.50. The molecule has 3 aliphatic heterocycles. The third-order valence-electron chi connectivity index (χ3n) is 6.38. The highest BCUT2D eigenvalue weighted by Gasteiger charge is 2.38. The molecular formula is C23H24N4O5S. The topological polar surface area (TPSA) is 116 Å². The van der Waals surface area contributed by atoms with Gasteiger partial charge >= 0.3 is 0 Å². The summed E-state index contributed by atoms with van der Waals surface area (Å²) in [4.78, 5) is 40.0. The van der Waals surface area contributed by atoms with Crippen molar-refractivity contribution in [3.05, 3.63) is 53.6 Å². The van der Waals surface area contributed by atoms with Crippen molar-refractivity contribution in [2.45, 2.75) is 36.6 Å². The van der Waals surface area contributed by atoms with Crippen molar-refractivity contribution in [2.75, 3.05) is 30.3 Å². The van der Waals surface area contributed by atoms with E-state index in [2.05, 4.69) is 10.6 Å². The van der Waals surface area contributed by atoms with Gasteiger partial charge < -0.3 is 15.5 Å². The summed E-state index contributed by atoms with van der Waals surface area (Å²) in [5, 5.41) is 5.54. The summed E-state index contributed by atoms with van der Waals surface area (Å²) in [7, 11) is -3.64. The van der Waals surface area contributed by atoms with E-state index in [1.807, 2.05) is 0 Å². The number of benzene rings is 2. The van der Waals surface area contributed by atoms with Gasteiger partial charge in [0.1, 0.15) is 6.04 Å². The Labute approximate surface area is 191 Å². The van der Waals surface area contributed by atoms with Crippen LogP contribution in [0, 0.1) is 0 Å². The van der Waals surface area contributed by atoms with Crippen LogP contribution in [0.4, 0.5) is 11.4 Å². The molecule has 0 saturated carbocycles. The zero-order valence-electron chi connectivity index (χ0n) is 17.9. The molecule has 0 aliphatic carbocycles. The molecule has 0 aromatic heterocycles. The molecule has 0 radical (unpaired) electrons. The van der Waals surface area contributed by atoms with Crippen LogP contribution in [0.1, 0.15) is 46.4 Å². The van der Waals surface area contributed by atoms with Crippen molar-refractivity contribution in [1.29, 1.82) is 0 Å². The van der Waals surface area contributed by atoms with Gasteiger partial charge in [0.25, 0.3) is 11.8 Å². The SMILES string of the molecule is O=C(Nc1ccc2c(c1)C(=O)N1CCC[C@@H]1C(=O)N2)c1cccc(S(=O)(=O)N2CCCC2)c1. The zero-order chi connectivity index (χ0) is 23.2. The first-order chi connectivity index (χ1) is 15.8. The minimum absolute atomic E-state index is 0.0805. The summed E-state index contributed by atoms with van der Waals surface area (Å²) >= 11 is 0. The van der Waals surface area contributed by atoms with Gasteiger partial charge in [-0.25, -0.2) is 8.42 Å². The van der Waals surface area contributed by atoms with E-state index in [9.17, 15) is 22.8 Å². The molecule has 0 spiro atoms. The van der Waals surface area contributed by atoms with Gasteiger partial charge in [-0.15, -0.1) is 0 Å². The number of hydrogen-bond acceptors (Lipinski definition) is 5.